The zero-order chi connectivity index (χ0) is 10.6. The third-order valence-corrected chi connectivity index (χ3v) is 2.80. The average molecular weight is 200 g/mol. The first-order chi connectivity index (χ1) is 6.71. The Morgan fingerprint density at radius 1 is 1.29 bits per heavy atom. The van der Waals surface area contributed by atoms with Crippen molar-refractivity contribution in [2.45, 2.75) is 51.1 Å². The van der Waals surface area contributed by atoms with Crippen LogP contribution in [-0.4, -0.2) is 29.7 Å². The summed E-state index contributed by atoms with van der Waals surface area (Å²) in [6, 6.07) is 0. The molecule has 0 amide bonds. The van der Waals surface area contributed by atoms with Gasteiger partial charge in [0.25, 0.3) is 0 Å². The van der Waals surface area contributed by atoms with E-state index in [2.05, 4.69) is 6.58 Å². The fraction of sp³-hybridized carbons (Fsp3) is 0.818. The summed E-state index contributed by atoms with van der Waals surface area (Å²) in [6.45, 7) is 7.76. The molecule has 3 nitrogen and oxygen atoms in total. The van der Waals surface area contributed by atoms with Gasteiger partial charge in [0.15, 0.2) is 5.79 Å². The Bertz CT molecular complexity index is 187. The first kappa shape index (κ1) is 11.7. The second kappa shape index (κ2) is 4.91. The normalized spacial score (nSPS) is 30.5. The summed E-state index contributed by atoms with van der Waals surface area (Å²) < 4.78 is 11.6. The van der Waals surface area contributed by atoms with E-state index >= 15 is 0 Å². The van der Waals surface area contributed by atoms with Gasteiger partial charge < -0.3 is 14.6 Å². The highest BCUT2D eigenvalue weighted by atomic mass is 16.8. The lowest BCUT2D eigenvalue weighted by Crippen LogP contribution is -2.29. The van der Waals surface area contributed by atoms with Crippen LogP contribution in [0.5, 0.6) is 0 Å². The lowest BCUT2D eigenvalue weighted by molar-refractivity contribution is -0.181. The van der Waals surface area contributed by atoms with Crippen molar-refractivity contribution < 1.29 is 14.6 Å². The predicted octanol–water partition coefficient (Wildman–Crippen LogP) is 1.86. The lowest BCUT2D eigenvalue weighted by atomic mass is 10.1. The second-order valence-corrected chi connectivity index (χ2v) is 3.64. The van der Waals surface area contributed by atoms with Crippen molar-refractivity contribution >= 4 is 0 Å². The molecule has 1 aliphatic heterocycles. The third-order valence-electron chi connectivity index (χ3n) is 2.80. The van der Waals surface area contributed by atoms with Crippen LogP contribution in [0, 0.1) is 0 Å². The molecule has 0 spiro atoms. The van der Waals surface area contributed by atoms with Gasteiger partial charge in [-0.25, -0.2) is 0 Å². The van der Waals surface area contributed by atoms with Gasteiger partial charge >= 0.3 is 0 Å². The van der Waals surface area contributed by atoms with Crippen molar-refractivity contribution in [3.8, 4) is 0 Å². The molecular weight excluding hydrogens is 180 g/mol. The number of hydrogen-bond donors (Lipinski definition) is 1. The molecule has 0 aromatic carbocycles. The molecule has 82 valence electrons. The summed E-state index contributed by atoms with van der Waals surface area (Å²) in [5.74, 6) is -0.485. The Morgan fingerprint density at radius 3 is 2.29 bits per heavy atom. The largest absolute Gasteiger partial charge is 0.394 e. The number of ether oxygens (including phenoxy) is 2. The van der Waals surface area contributed by atoms with Gasteiger partial charge in [-0.3, -0.25) is 0 Å². The van der Waals surface area contributed by atoms with E-state index in [1.807, 2.05) is 13.8 Å². The minimum absolute atomic E-state index is 0.0141. The number of hydrogen-bond acceptors (Lipinski definition) is 3. The number of aliphatic hydroxyl groups excluding tert-OH is 1. The molecule has 0 aliphatic carbocycles. The molecule has 0 unspecified atom stereocenters. The monoisotopic (exact) mass is 200 g/mol. The van der Waals surface area contributed by atoms with Crippen molar-refractivity contribution in [3.05, 3.63) is 12.7 Å². The quantitative estimate of drug-likeness (QED) is 0.688. The van der Waals surface area contributed by atoms with Crippen LogP contribution in [-0.2, 0) is 9.47 Å². The maximum Gasteiger partial charge on any atom is 0.168 e. The summed E-state index contributed by atoms with van der Waals surface area (Å²) in [7, 11) is 0. The van der Waals surface area contributed by atoms with Crippen molar-refractivity contribution in [2.75, 3.05) is 6.61 Å². The van der Waals surface area contributed by atoms with Crippen LogP contribution >= 0.6 is 0 Å². The van der Waals surface area contributed by atoms with Gasteiger partial charge in [0.1, 0.15) is 6.10 Å². The molecular formula is C11H20O3. The van der Waals surface area contributed by atoms with Crippen molar-refractivity contribution in [2.24, 2.45) is 0 Å². The van der Waals surface area contributed by atoms with Gasteiger partial charge in [-0.15, -0.1) is 6.58 Å². The van der Waals surface area contributed by atoms with Crippen LogP contribution < -0.4 is 0 Å². The van der Waals surface area contributed by atoms with Crippen LogP contribution in [0.25, 0.3) is 0 Å². The Kier molecular flexibility index (Phi) is 4.11. The molecule has 0 bridgehead atoms. The summed E-state index contributed by atoms with van der Waals surface area (Å²) >= 11 is 0. The maximum absolute atomic E-state index is 9.15. The Hall–Kier alpha value is -0.380. The standard InChI is InChI=1S/C11H20O3/c1-4-7-9-10(8-12)14-11(5-2,6-3)13-9/h4,9-10,12H,1,5-8H2,2-3H3/t9-,10+/m0/s1. The van der Waals surface area contributed by atoms with E-state index in [9.17, 15) is 0 Å². The number of rotatable bonds is 5. The highest BCUT2D eigenvalue weighted by Crippen LogP contribution is 2.35. The highest BCUT2D eigenvalue weighted by Gasteiger charge is 2.44. The fourth-order valence-electron chi connectivity index (χ4n) is 1.83. The summed E-state index contributed by atoms with van der Waals surface area (Å²) in [6.07, 6.45) is 3.91. The molecule has 1 N–H and O–H groups in total. The molecule has 0 radical (unpaired) electrons. The number of aliphatic hydroxyl groups is 1. The van der Waals surface area contributed by atoms with E-state index in [0.29, 0.717) is 0 Å². The van der Waals surface area contributed by atoms with Gasteiger partial charge in [-0.2, -0.15) is 0 Å². The van der Waals surface area contributed by atoms with Crippen molar-refractivity contribution in [1.82, 2.24) is 0 Å². The smallest absolute Gasteiger partial charge is 0.168 e. The first-order valence-electron chi connectivity index (χ1n) is 5.28. The fourth-order valence-corrected chi connectivity index (χ4v) is 1.83. The SMILES string of the molecule is C=CC[C@@H]1OC(CC)(CC)O[C@@H]1CO. The van der Waals surface area contributed by atoms with Gasteiger partial charge in [0.2, 0.25) is 0 Å². The topological polar surface area (TPSA) is 38.7 Å². The molecule has 14 heavy (non-hydrogen) atoms. The summed E-state index contributed by atoms with van der Waals surface area (Å²) in [5.41, 5.74) is 0. The van der Waals surface area contributed by atoms with Crippen LogP contribution in [0.1, 0.15) is 33.1 Å². The van der Waals surface area contributed by atoms with Gasteiger partial charge in [-0.05, 0) is 19.3 Å². The first-order valence-corrected chi connectivity index (χ1v) is 5.28. The predicted molar refractivity (Wildman–Crippen MR) is 55.0 cm³/mol. The van der Waals surface area contributed by atoms with E-state index in [-0.39, 0.29) is 18.8 Å². The molecule has 1 aliphatic rings. The maximum atomic E-state index is 9.15. The van der Waals surface area contributed by atoms with E-state index in [0.717, 1.165) is 19.3 Å². The van der Waals surface area contributed by atoms with Crippen molar-refractivity contribution in [3.63, 3.8) is 0 Å². The highest BCUT2D eigenvalue weighted by molar-refractivity contribution is 4.88. The van der Waals surface area contributed by atoms with Gasteiger partial charge in [0, 0.05) is 0 Å². The van der Waals surface area contributed by atoms with Crippen LogP contribution in [0.2, 0.25) is 0 Å². The second-order valence-electron chi connectivity index (χ2n) is 3.64. The van der Waals surface area contributed by atoms with Crippen LogP contribution in [0.15, 0.2) is 12.7 Å². The molecule has 0 aromatic heterocycles. The molecule has 3 heteroatoms. The molecule has 1 fully saturated rings. The zero-order valence-corrected chi connectivity index (χ0v) is 9.03. The molecule has 1 rings (SSSR count). The molecule has 1 heterocycles. The Morgan fingerprint density at radius 2 is 1.86 bits per heavy atom. The summed E-state index contributed by atoms with van der Waals surface area (Å²) in [4.78, 5) is 0. The van der Waals surface area contributed by atoms with E-state index in [1.54, 1.807) is 6.08 Å². The van der Waals surface area contributed by atoms with Crippen LogP contribution in [0.3, 0.4) is 0 Å². The minimum Gasteiger partial charge on any atom is -0.394 e. The van der Waals surface area contributed by atoms with Gasteiger partial charge in [-0.1, -0.05) is 19.9 Å². The van der Waals surface area contributed by atoms with E-state index < -0.39 is 5.79 Å². The van der Waals surface area contributed by atoms with Gasteiger partial charge in [0.05, 0.1) is 12.7 Å². The minimum atomic E-state index is -0.485. The van der Waals surface area contributed by atoms with Crippen LogP contribution in [0.4, 0.5) is 0 Å². The lowest BCUT2D eigenvalue weighted by Gasteiger charge is -2.25. The van der Waals surface area contributed by atoms with Crippen molar-refractivity contribution in [1.29, 1.82) is 0 Å². The zero-order valence-electron chi connectivity index (χ0n) is 9.03. The molecule has 0 aromatic rings. The Labute approximate surface area is 85.7 Å². The third kappa shape index (κ3) is 2.16. The molecule has 1 saturated heterocycles. The molecule has 2 atom stereocenters. The van der Waals surface area contributed by atoms with E-state index in [1.165, 1.54) is 0 Å². The summed E-state index contributed by atoms with van der Waals surface area (Å²) in [5, 5.41) is 9.15. The Balaban J connectivity index is 2.67. The van der Waals surface area contributed by atoms with E-state index in [4.69, 9.17) is 14.6 Å². The average Bonchev–Trinajstić information content (AvgIpc) is 2.58. The molecule has 0 saturated carbocycles.